The number of rotatable bonds is 8. The average molecular weight is 495 g/mol. The molecular formula is C25H26N4O5S. The van der Waals surface area contributed by atoms with Crippen LogP contribution in [0.4, 0.5) is 0 Å². The van der Waals surface area contributed by atoms with Crippen LogP contribution in [0.5, 0.6) is 5.75 Å². The molecule has 9 nitrogen and oxygen atoms in total. The first-order chi connectivity index (χ1) is 16.8. The van der Waals surface area contributed by atoms with Crippen molar-refractivity contribution >= 4 is 26.8 Å². The highest BCUT2D eigenvalue weighted by atomic mass is 32.2. The fourth-order valence-electron chi connectivity index (χ4n) is 4.27. The Bertz CT molecular complexity index is 1370. The lowest BCUT2D eigenvalue weighted by molar-refractivity contribution is -0.133. The van der Waals surface area contributed by atoms with Crippen molar-refractivity contribution in [1.29, 1.82) is 0 Å². The molecule has 0 aliphatic carbocycles. The molecule has 0 spiro atoms. The van der Waals surface area contributed by atoms with Crippen LogP contribution in [0.15, 0.2) is 59.5 Å². The summed E-state index contributed by atoms with van der Waals surface area (Å²) in [5.74, 6) is 1.56. The van der Waals surface area contributed by atoms with Crippen LogP contribution in [0, 0.1) is 25.2 Å². The SMILES string of the molecule is C#CCN1C[C@H](NS(=O)(=O)c2ccc(OCc3cc(C)nc4ccccc34)cc2)[C@H](C(=O)NO)C1. The standard InChI is InChI=1S/C25H26N4O5S/c1-3-12-29-14-22(25(30)27-31)24(15-29)28-35(32,33)20-10-8-19(9-11-20)34-16-18-13-17(2)26-23-7-5-4-6-21(18)23/h1,4-11,13,22,24,28,31H,12,14-16H2,2H3,(H,27,30)/t22-,24+/m1/s1. The second-order valence-corrected chi connectivity index (χ2v) is 10.1. The molecule has 1 saturated heterocycles. The molecule has 1 amide bonds. The van der Waals surface area contributed by atoms with Crippen LogP contribution < -0.4 is 14.9 Å². The summed E-state index contributed by atoms with van der Waals surface area (Å²) in [6, 6.07) is 15.1. The average Bonchev–Trinajstić information content (AvgIpc) is 3.23. The third kappa shape index (κ3) is 5.61. The van der Waals surface area contributed by atoms with E-state index in [1.165, 1.54) is 12.1 Å². The summed E-state index contributed by atoms with van der Waals surface area (Å²) in [6.07, 6.45) is 5.34. The number of carbonyl (C=O) groups excluding carboxylic acids is 1. The summed E-state index contributed by atoms with van der Waals surface area (Å²) in [5.41, 5.74) is 4.36. The van der Waals surface area contributed by atoms with Crippen LogP contribution in [0.2, 0.25) is 0 Å². The molecule has 1 fully saturated rings. The fourth-order valence-corrected chi connectivity index (χ4v) is 5.54. The molecule has 4 rings (SSSR count). The van der Waals surface area contributed by atoms with Crippen LogP contribution in [0.3, 0.4) is 0 Å². The van der Waals surface area contributed by atoms with Gasteiger partial charge in [0.2, 0.25) is 15.9 Å². The number of aryl methyl sites for hydroxylation is 1. The van der Waals surface area contributed by atoms with Crippen LogP contribution >= 0.6 is 0 Å². The first kappa shape index (κ1) is 24.6. The van der Waals surface area contributed by atoms with Gasteiger partial charge in [-0.1, -0.05) is 24.1 Å². The van der Waals surface area contributed by atoms with Gasteiger partial charge >= 0.3 is 0 Å². The summed E-state index contributed by atoms with van der Waals surface area (Å²) in [4.78, 5) is 18.4. The highest BCUT2D eigenvalue weighted by Gasteiger charge is 2.39. The zero-order valence-electron chi connectivity index (χ0n) is 19.1. The summed E-state index contributed by atoms with van der Waals surface area (Å²) in [7, 11) is -3.93. The number of sulfonamides is 1. The molecule has 35 heavy (non-hydrogen) atoms. The van der Waals surface area contributed by atoms with E-state index < -0.39 is 27.9 Å². The predicted octanol–water partition coefficient (Wildman–Crippen LogP) is 1.84. The molecule has 182 valence electrons. The molecule has 0 saturated carbocycles. The number of fused-ring (bicyclic) bond motifs is 1. The fraction of sp³-hybridized carbons (Fsp3) is 0.280. The number of hydroxylamine groups is 1. The Morgan fingerprint density at radius 2 is 1.97 bits per heavy atom. The maximum Gasteiger partial charge on any atom is 0.249 e. The van der Waals surface area contributed by atoms with Crippen LogP contribution in [-0.2, 0) is 21.4 Å². The lowest BCUT2D eigenvalue weighted by Gasteiger charge is -2.18. The van der Waals surface area contributed by atoms with E-state index >= 15 is 0 Å². The van der Waals surface area contributed by atoms with E-state index in [0.29, 0.717) is 12.4 Å². The number of hydrogen-bond donors (Lipinski definition) is 3. The van der Waals surface area contributed by atoms with E-state index in [-0.39, 0.29) is 24.5 Å². The molecule has 1 aromatic heterocycles. The van der Waals surface area contributed by atoms with Crippen molar-refractivity contribution in [3.63, 3.8) is 0 Å². The van der Waals surface area contributed by atoms with Gasteiger partial charge in [-0.2, -0.15) is 0 Å². The summed E-state index contributed by atoms with van der Waals surface area (Å²) >= 11 is 0. The number of carbonyl (C=O) groups is 1. The summed E-state index contributed by atoms with van der Waals surface area (Å²) in [6.45, 7) is 2.99. The molecule has 10 heteroatoms. The van der Waals surface area contributed by atoms with Gasteiger partial charge in [-0.25, -0.2) is 18.6 Å². The van der Waals surface area contributed by atoms with E-state index in [2.05, 4.69) is 15.6 Å². The van der Waals surface area contributed by atoms with Gasteiger partial charge in [-0.3, -0.25) is 19.9 Å². The Balaban J connectivity index is 1.45. The second kappa shape index (κ2) is 10.4. The number of para-hydroxylation sites is 1. The van der Waals surface area contributed by atoms with Crippen LogP contribution in [0.1, 0.15) is 11.3 Å². The van der Waals surface area contributed by atoms with Gasteiger partial charge in [0.25, 0.3) is 0 Å². The molecule has 2 heterocycles. The Kier molecular flexibility index (Phi) is 7.33. The monoisotopic (exact) mass is 494 g/mol. The Morgan fingerprint density at radius 3 is 2.69 bits per heavy atom. The molecule has 3 aromatic rings. The van der Waals surface area contributed by atoms with Crippen molar-refractivity contribution < 1.29 is 23.2 Å². The number of nitrogens with one attached hydrogen (secondary N) is 2. The van der Waals surface area contributed by atoms with Crippen molar-refractivity contribution in [2.45, 2.75) is 24.5 Å². The van der Waals surface area contributed by atoms with Crippen molar-refractivity contribution in [1.82, 2.24) is 20.1 Å². The van der Waals surface area contributed by atoms with Gasteiger partial charge in [-0.15, -0.1) is 6.42 Å². The third-order valence-corrected chi connectivity index (χ3v) is 7.43. The molecule has 0 radical (unpaired) electrons. The number of terminal acetylenes is 1. The molecule has 3 N–H and O–H groups in total. The first-order valence-corrected chi connectivity index (χ1v) is 12.5. The molecular weight excluding hydrogens is 468 g/mol. The quantitative estimate of drug-likeness (QED) is 0.248. The maximum atomic E-state index is 13.0. The van der Waals surface area contributed by atoms with Crippen LogP contribution in [0.25, 0.3) is 10.9 Å². The van der Waals surface area contributed by atoms with Gasteiger partial charge in [-0.05, 0) is 43.3 Å². The van der Waals surface area contributed by atoms with E-state index in [9.17, 15) is 13.2 Å². The van der Waals surface area contributed by atoms with Gasteiger partial charge in [0.1, 0.15) is 12.4 Å². The predicted molar refractivity (Wildman–Crippen MR) is 130 cm³/mol. The lowest BCUT2D eigenvalue weighted by atomic mass is 10.0. The zero-order chi connectivity index (χ0) is 25.0. The van der Waals surface area contributed by atoms with Gasteiger partial charge in [0, 0.05) is 35.8 Å². The topological polar surface area (TPSA) is 121 Å². The number of aromatic nitrogens is 1. The van der Waals surface area contributed by atoms with Gasteiger partial charge < -0.3 is 4.74 Å². The van der Waals surface area contributed by atoms with Crippen molar-refractivity contribution in [2.75, 3.05) is 19.6 Å². The molecule has 2 aromatic carbocycles. The minimum absolute atomic E-state index is 0.0358. The largest absolute Gasteiger partial charge is 0.489 e. The summed E-state index contributed by atoms with van der Waals surface area (Å²) < 4.78 is 34.4. The number of likely N-dealkylation sites (tertiary alicyclic amines) is 1. The number of hydrogen-bond acceptors (Lipinski definition) is 7. The van der Waals surface area contributed by atoms with E-state index in [1.807, 2.05) is 37.3 Å². The van der Waals surface area contributed by atoms with Gasteiger partial charge in [0.05, 0.1) is 22.9 Å². The minimum Gasteiger partial charge on any atom is -0.489 e. The highest BCUT2D eigenvalue weighted by Crippen LogP contribution is 2.23. The van der Waals surface area contributed by atoms with E-state index in [0.717, 1.165) is 22.2 Å². The van der Waals surface area contributed by atoms with E-state index in [4.69, 9.17) is 16.4 Å². The molecule has 1 aliphatic heterocycles. The minimum atomic E-state index is -3.93. The molecule has 1 aliphatic rings. The molecule has 2 atom stereocenters. The second-order valence-electron chi connectivity index (χ2n) is 8.41. The normalized spacial score (nSPS) is 18.3. The van der Waals surface area contributed by atoms with Crippen molar-refractivity contribution in [2.24, 2.45) is 5.92 Å². The lowest BCUT2D eigenvalue weighted by Crippen LogP contribution is -2.45. The van der Waals surface area contributed by atoms with Gasteiger partial charge in [0.15, 0.2) is 0 Å². The first-order valence-electron chi connectivity index (χ1n) is 11.0. The number of amides is 1. The summed E-state index contributed by atoms with van der Waals surface area (Å²) in [5, 5.41) is 10.0. The van der Waals surface area contributed by atoms with Crippen molar-refractivity contribution in [3.8, 4) is 18.1 Å². The smallest absolute Gasteiger partial charge is 0.249 e. The van der Waals surface area contributed by atoms with E-state index in [1.54, 1.807) is 22.5 Å². The highest BCUT2D eigenvalue weighted by molar-refractivity contribution is 7.89. The number of benzene rings is 2. The molecule has 0 unspecified atom stereocenters. The van der Waals surface area contributed by atoms with Crippen LogP contribution in [-0.4, -0.2) is 55.1 Å². The Labute approximate surface area is 204 Å². The third-order valence-electron chi connectivity index (χ3n) is 5.92. The zero-order valence-corrected chi connectivity index (χ0v) is 20.0. The Hall–Kier alpha value is -3.49. The molecule has 0 bridgehead atoms. The van der Waals surface area contributed by atoms with Crippen molar-refractivity contribution in [3.05, 3.63) is 65.9 Å². The number of nitrogens with zero attached hydrogens (tertiary/aromatic N) is 2. The number of pyridine rings is 1. The number of ether oxygens (including phenoxy) is 1. The Morgan fingerprint density at radius 1 is 1.23 bits per heavy atom. The maximum absolute atomic E-state index is 13.0.